The van der Waals surface area contributed by atoms with Crippen LogP contribution in [0.3, 0.4) is 0 Å². The van der Waals surface area contributed by atoms with Crippen molar-refractivity contribution < 1.29 is 27.7 Å². The Kier molecular flexibility index (Phi) is 14.1. The summed E-state index contributed by atoms with van der Waals surface area (Å²) in [7, 11) is -2.79. The van der Waals surface area contributed by atoms with Gasteiger partial charge in [0.2, 0.25) is 0 Å². The van der Waals surface area contributed by atoms with Gasteiger partial charge in [-0.05, 0) is 111 Å². The number of piperazine rings is 1. The highest BCUT2D eigenvalue weighted by Crippen LogP contribution is 2.36. The van der Waals surface area contributed by atoms with Crippen molar-refractivity contribution in [1.82, 2.24) is 14.5 Å². The van der Waals surface area contributed by atoms with E-state index in [9.17, 15) is 28.1 Å². The van der Waals surface area contributed by atoms with Gasteiger partial charge < -0.3 is 19.9 Å². The molecular formula is C44H49ClN6O7S2. The Morgan fingerprint density at radius 1 is 0.950 bits per heavy atom. The van der Waals surface area contributed by atoms with Crippen LogP contribution in [0.1, 0.15) is 58.4 Å². The Morgan fingerprint density at radius 2 is 1.67 bits per heavy atom. The second-order valence-electron chi connectivity index (χ2n) is 15.4. The van der Waals surface area contributed by atoms with Crippen LogP contribution in [0.2, 0.25) is 5.02 Å². The maximum atomic E-state index is 13.7. The summed E-state index contributed by atoms with van der Waals surface area (Å²) in [5.41, 5.74) is 4.11. The third-order valence-corrected chi connectivity index (χ3v) is 13.9. The van der Waals surface area contributed by atoms with Gasteiger partial charge in [-0.3, -0.25) is 19.8 Å². The van der Waals surface area contributed by atoms with Gasteiger partial charge in [0, 0.05) is 78.3 Å². The van der Waals surface area contributed by atoms with E-state index < -0.39 is 37.4 Å². The number of ether oxygens (including phenoxy) is 1. The predicted molar refractivity (Wildman–Crippen MR) is 237 cm³/mol. The lowest BCUT2D eigenvalue weighted by atomic mass is 9.87. The van der Waals surface area contributed by atoms with Gasteiger partial charge >= 0.3 is 5.97 Å². The van der Waals surface area contributed by atoms with Gasteiger partial charge in [-0.2, -0.15) is 0 Å². The van der Waals surface area contributed by atoms with Crippen molar-refractivity contribution in [3.63, 3.8) is 0 Å². The number of rotatable bonds is 11. The van der Waals surface area contributed by atoms with Crippen LogP contribution in [0.25, 0.3) is 5.57 Å². The molecule has 13 nitrogen and oxygen atoms in total. The third-order valence-electron chi connectivity index (χ3n) is 11.2. The monoisotopic (exact) mass is 872 g/mol. The van der Waals surface area contributed by atoms with Crippen LogP contribution in [0, 0.1) is 10.1 Å². The minimum atomic E-state index is -4.68. The zero-order valence-corrected chi connectivity index (χ0v) is 35.9. The van der Waals surface area contributed by atoms with E-state index >= 15 is 0 Å². The molecule has 0 radical (unpaired) electrons. The summed E-state index contributed by atoms with van der Waals surface area (Å²) < 4.78 is 35.0. The number of allylic oxidation sites excluding steroid dienone is 1. The van der Waals surface area contributed by atoms with E-state index in [0.29, 0.717) is 25.3 Å². The summed E-state index contributed by atoms with van der Waals surface area (Å²) in [6, 6.07) is 26.1. The highest BCUT2D eigenvalue weighted by molar-refractivity contribution is 7.99. The molecule has 7 rings (SSSR count). The molecule has 0 spiro atoms. The van der Waals surface area contributed by atoms with Crippen LogP contribution >= 0.6 is 23.4 Å². The Balaban J connectivity index is 1.03. The lowest BCUT2D eigenvalue weighted by molar-refractivity contribution is -0.384. The topological polar surface area (TPSA) is 154 Å². The standard InChI is InChI=1S/C44H49ClN6O7S2/c1-48-20-19-35(30-59-37-8-3-2-4-9-37)46-42-40(44(53)58-26-25-48)27-38(28-41(42)51(54)55)60(56,57)47-43(52)32-13-17-36(18-14-32)50-23-21-49(22-24-50)29-33-7-5-6-10-39(33)31-11-15-34(45)16-12-31/h2-4,8-9,11-18,27-28,35,46H,5-7,10,19-26,29-30H2,1H3,(H,47,52). The number of amides is 1. The molecule has 0 saturated carbocycles. The predicted octanol–water partition coefficient (Wildman–Crippen LogP) is 7.58. The first-order valence-corrected chi connectivity index (χ1v) is 23.0. The maximum absolute atomic E-state index is 13.7. The molecule has 2 N–H and O–H groups in total. The average molecular weight is 873 g/mol. The van der Waals surface area contributed by atoms with Crippen LogP contribution < -0.4 is 14.9 Å². The number of nitro groups is 1. The minimum Gasteiger partial charge on any atom is -0.461 e. The highest BCUT2D eigenvalue weighted by atomic mass is 35.5. The first-order chi connectivity index (χ1) is 28.9. The first-order valence-electron chi connectivity index (χ1n) is 20.2. The fraction of sp³-hybridized carbons (Fsp3) is 0.364. The fourth-order valence-electron chi connectivity index (χ4n) is 7.83. The number of benzene rings is 4. The van der Waals surface area contributed by atoms with Crippen molar-refractivity contribution in [2.45, 2.75) is 47.9 Å². The third kappa shape index (κ3) is 10.9. The SMILES string of the molecule is CN1CCOC(=O)c2cc(S(=O)(=O)NC(=O)c3ccc(N4CCN(CC5=C(c6ccc(Cl)cc6)CCCC5)CC4)cc3)cc([N+](=O)[O-])c2NC(CSc2ccccc2)CC1. The number of hydrogen-bond acceptors (Lipinski definition) is 12. The van der Waals surface area contributed by atoms with Gasteiger partial charge in [0.15, 0.2) is 0 Å². The number of esters is 1. The molecule has 1 amide bonds. The van der Waals surface area contributed by atoms with E-state index in [0.717, 1.165) is 73.3 Å². The number of nitro benzene ring substituents is 1. The number of carbonyl (C=O) groups excluding carboxylic acids is 2. The number of sulfonamides is 1. The van der Waals surface area contributed by atoms with E-state index in [1.807, 2.05) is 59.1 Å². The molecule has 2 heterocycles. The molecule has 1 atom stereocenters. The van der Waals surface area contributed by atoms with Gasteiger partial charge in [0.25, 0.3) is 21.6 Å². The number of halogens is 1. The lowest BCUT2D eigenvalue weighted by Gasteiger charge is -2.37. The van der Waals surface area contributed by atoms with Gasteiger partial charge in [0.05, 0.1) is 15.4 Å². The maximum Gasteiger partial charge on any atom is 0.340 e. The van der Waals surface area contributed by atoms with E-state index in [-0.39, 0.29) is 29.5 Å². The molecule has 0 aromatic heterocycles. The van der Waals surface area contributed by atoms with Crippen LogP contribution in [0.15, 0.2) is 106 Å². The number of cyclic esters (lactones) is 1. The van der Waals surface area contributed by atoms with Crippen molar-refractivity contribution in [3.05, 3.63) is 128 Å². The first kappa shape index (κ1) is 43.2. The Labute approximate surface area is 360 Å². The zero-order valence-electron chi connectivity index (χ0n) is 33.5. The zero-order chi connectivity index (χ0) is 42.2. The van der Waals surface area contributed by atoms with Crippen molar-refractivity contribution in [2.24, 2.45) is 0 Å². The van der Waals surface area contributed by atoms with E-state index in [4.69, 9.17) is 16.3 Å². The normalized spacial score (nSPS) is 18.5. The second kappa shape index (κ2) is 19.6. The van der Waals surface area contributed by atoms with Gasteiger partial charge in [-0.25, -0.2) is 17.9 Å². The number of anilines is 2. The molecule has 2 aliphatic heterocycles. The van der Waals surface area contributed by atoms with E-state index in [1.54, 1.807) is 36.0 Å². The van der Waals surface area contributed by atoms with Gasteiger partial charge in [-0.15, -0.1) is 11.8 Å². The molecule has 1 fully saturated rings. The minimum absolute atomic E-state index is 0.00433. The number of nitrogens with zero attached hydrogens (tertiary/aromatic N) is 4. The molecule has 1 aliphatic carbocycles. The molecule has 4 aromatic carbocycles. The number of nitrogens with one attached hydrogen (secondary N) is 2. The van der Waals surface area contributed by atoms with Crippen molar-refractivity contribution >= 4 is 67.9 Å². The summed E-state index contributed by atoms with van der Waals surface area (Å²) in [4.78, 5) is 45.7. The molecule has 60 heavy (non-hydrogen) atoms. The summed E-state index contributed by atoms with van der Waals surface area (Å²) in [5.74, 6) is -1.32. The molecule has 3 aliphatic rings. The molecule has 316 valence electrons. The van der Waals surface area contributed by atoms with Crippen molar-refractivity contribution in [3.8, 4) is 0 Å². The van der Waals surface area contributed by atoms with Crippen molar-refractivity contribution in [2.75, 3.05) is 75.4 Å². The van der Waals surface area contributed by atoms with E-state index in [1.165, 1.54) is 29.6 Å². The molecule has 0 bridgehead atoms. The smallest absolute Gasteiger partial charge is 0.340 e. The average Bonchev–Trinajstić information content (AvgIpc) is 3.27. The molecule has 16 heteroatoms. The molecule has 1 saturated heterocycles. The summed E-state index contributed by atoms with van der Waals surface area (Å²) in [6.07, 6.45) is 5.13. The van der Waals surface area contributed by atoms with Crippen LogP contribution in [-0.2, 0) is 14.8 Å². The van der Waals surface area contributed by atoms with Crippen molar-refractivity contribution in [1.29, 1.82) is 0 Å². The van der Waals surface area contributed by atoms with Gasteiger partial charge in [0.1, 0.15) is 12.3 Å². The Hall–Kier alpha value is -4.93. The lowest BCUT2D eigenvalue weighted by Crippen LogP contribution is -2.47. The number of carbonyl (C=O) groups is 2. The summed E-state index contributed by atoms with van der Waals surface area (Å²) in [6.45, 7) is 5.29. The summed E-state index contributed by atoms with van der Waals surface area (Å²) >= 11 is 7.71. The largest absolute Gasteiger partial charge is 0.461 e. The van der Waals surface area contributed by atoms with E-state index in [2.05, 4.69) is 27.2 Å². The Morgan fingerprint density at radius 3 is 2.38 bits per heavy atom. The quantitative estimate of drug-likeness (QED) is 0.0661. The number of fused-ring (bicyclic) bond motifs is 1. The second-order valence-corrected chi connectivity index (χ2v) is 18.6. The van der Waals surface area contributed by atoms with Gasteiger partial charge in [-0.1, -0.05) is 47.5 Å². The Bertz CT molecular complexity index is 2320. The molecular weight excluding hydrogens is 824 g/mol. The molecule has 4 aromatic rings. The van der Waals surface area contributed by atoms with Crippen LogP contribution in [0.4, 0.5) is 17.1 Å². The number of thioether (sulfide) groups is 1. The summed E-state index contributed by atoms with van der Waals surface area (Å²) in [5, 5.41) is 16.4. The molecule has 1 unspecified atom stereocenters. The van der Waals surface area contributed by atoms with Crippen LogP contribution in [-0.4, -0.2) is 106 Å². The fourth-order valence-corrected chi connectivity index (χ4v) is 9.97. The number of likely N-dealkylation sites (N-methyl/N-ethyl adjacent to an activating group) is 1. The number of hydrogen-bond donors (Lipinski definition) is 2. The highest BCUT2D eigenvalue weighted by Gasteiger charge is 2.32. The van der Waals surface area contributed by atoms with Crippen LogP contribution in [0.5, 0.6) is 0 Å².